The number of hydrogen-bond donors (Lipinski definition) is 0. The number of nitriles is 1. The van der Waals surface area contributed by atoms with Gasteiger partial charge in [-0.15, -0.1) is 22.7 Å². The minimum absolute atomic E-state index is 0.408. The molecule has 5 heterocycles. The Morgan fingerprint density at radius 1 is 0.486 bits per heavy atom. The molecule has 70 heavy (non-hydrogen) atoms. The number of thiophene rings is 2. The standard InChI is InChI=1S/C63H34N4OS2/c1-35-25-32-50-47(33-35)44-29-26-41-38-19-9-12-22-49(38)66(57(41)61(44)68-50)56-48(34-64)53(36-15-5-3-6-16-36)55(65-2)60(54(56)37-17-7-4-8-18-37)67-58-42(27-30-45-39-20-10-13-23-51(39)69-62(45)58)43-28-31-46-40-21-11-14-24-52(40)70-63(46)59(43)67/h3-33H,1H3. The first-order valence-electron chi connectivity index (χ1n) is 23.3. The molecule has 5 aromatic heterocycles. The molecule has 0 fully saturated rings. The second kappa shape index (κ2) is 14.5. The maximum atomic E-state index is 12.1. The van der Waals surface area contributed by atoms with Crippen LogP contribution in [0.5, 0.6) is 0 Å². The van der Waals surface area contributed by atoms with E-state index in [1.54, 1.807) is 22.7 Å². The highest BCUT2D eigenvalue weighted by Crippen LogP contribution is 2.55. The summed E-state index contributed by atoms with van der Waals surface area (Å²) in [5.41, 5.74) is 11.8. The van der Waals surface area contributed by atoms with E-state index in [0.29, 0.717) is 22.5 Å². The van der Waals surface area contributed by atoms with Crippen LogP contribution in [-0.4, -0.2) is 9.13 Å². The number of furan rings is 1. The summed E-state index contributed by atoms with van der Waals surface area (Å²) in [6.07, 6.45) is 0. The van der Waals surface area contributed by atoms with E-state index in [1.165, 1.54) is 20.2 Å². The van der Waals surface area contributed by atoms with Crippen molar-refractivity contribution >= 4 is 134 Å². The fourth-order valence-corrected chi connectivity index (χ4v) is 14.0. The molecule has 15 aromatic rings. The lowest BCUT2D eigenvalue weighted by molar-refractivity contribution is 0.671. The molecular weight excluding hydrogens is 893 g/mol. The van der Waals surface area contributed by atoms with Crippen molar-refractivity contribution in [2.75, 3.05) is 0 Å². The van der Waals surface area contributed by atoms with E-state index in [9.17, 15) is 11.8 Å². The number of fused-ring (bicyclic) bond motifs is 18. The average molecular weight is 927 g/mol. The van der Waals surface area contributed by atoms with Gasteiger partial charge >= 0.3 is 0 Å². The normalized spacial score (nSPS) is 12.0. The molecule has 0 atom stereocenters. The van der Waals surface area contributed by atoms with Crippen LogP contribution in [0.15, 0.2) is 192 Å². The minimum atomic E-state index is 0.408. The first-order valence-corrected chi connectivity index (χ1v) is 24.9. The van der Waals surface area contributed by atoms with Gasteiger partial charge < -0.3 is 13.6 Å². The Morgan fingerprint density at radius 3 is 1.63 bits per heavy atom. The summed E-state index contributed by atoms with van der Waals surface area (Å²) in [7, 11) is 0. The maximum Gasteiger partial charge on any atom is 0.220 e. The van der Waals surface area contributed by atoms with Gasteiger partial charge in [-0.1, -0.05) is 157 Å². The van der Waals surface area contributed by atoms with Crippen LogP contribution in [0.3, 0.4) is 0 Å². The molecule has 0 saturated heterocycles. The van der Waals surface area contributed by atoms with Crippen molar-refractivity contribution in [2.45, 2.75) is 6.92 Å². The molecule has 10 aromatic carbocycles. The van der Waals surface area contributed by atoms with Crippen molar-refractivity contribution < 1.29 is 4.42 Å². The SMILES string of the molecule is [C-]#[N+]c1c(-c2ccccc2)c(C#N)c(-n2c3ccccc3c3ccc4c5cc(C)ccc5oc4c32)c(-c2ccccc2)c1-n1c2c(ccc3c4ccccc4sc32)c2ccc3c4ccccc4sc3c21. The van der Waals surface area contributed by atoms with Crippen LogP contribution in [0.2, 0.25) is 0 Å². The third-order valence-corrected chi connectivity index (χ3v) is 16.8. The third-order valence-electron chi connectivity index (χ3n) is 14.4. The zero-order chi connectivity index (χ0) is 46.4. The Labute approximate surface area is 407 Å². The van der Waals surface area contributed by atoms with Crippen LogP contribution in [0.4, 0.5) is 5.69 Å². The molecule has 0 aliphatic carbocycles. The van der Waals surface area contributed by atoms with E-state index in [0.717, 1.165) is 114 Å². The summed E-state index contributed by atoms with van der Waals surface area (Å²) in [5, 5.41) is 23.1. The van der Waals surface area contributed by atoms with E-state index >= 15 is 0 Å². The molecule has 0 bridgehead atoms. The third kappa shape index (κ3) is 5.17. The second-order valence-electron chi connectivity index (χ2n) is 18.1. The van der Waals surface area contributed by atoms with Crippen molar-refractivity contribution in [1.29, 1.82) is 5.26 Å². The number of benzene rings is 10. The van der Waals surface area contributed by atoms with Gasteiger partial charge in [0, 0.05) is 74.4 Å². The average Bonchev–Trinajstić information content (AvgIpc) is 4.23. The summed E-state index contributed by atoms with van der Waals surface area (Å²) in [6.45, 7) is 11.6. The highest BCUT2D eigenvalue weighted by Gasteiger charge is 2.33. The van der Waals surface area contributed by atoms with Gasteiger partial charge in [0.1, 0.15) is 11.7 Å². The van der Waals surface area contributed by atoms with E-state index in [1.807, 2.05) is 36.4 Å². The number of aromatic nitrogens is 2. The second-order valence-corrected chi connectivity index (χ2v) is 20.2. The highest BCUT2D eigenvalue weighted by atomic mass is 32.1. The first kappa shape index (κ1) is 39.1. The summed E-state index contributed by atoms with van der Waals surface area (Å²) < 4.78 is 16.4. The lowest BCUT2D eigenvalue weighted by atomic mass is 9.88. The van der Waals surface area contributed by atoms with Gasteiger partial charge in [-0.2, -0.15) is 5.26 Å². The van der Waals surface area contributed by atoms with Gasteiger partial charge in [0.15, 0.2) is 5.58 Å². The molecule has 15 rings (SSSR count). The van der Waals surface area contributed by atoms with Crippen molar-refractivity contribution in [3.05, 3.63) is 211 Å². The summed E-state index contributed by atoms with van der Waals surface area (Å²) in [6, 6.07) is 68.9. The number of rotatable bonds is 4. The van der Waals surface area contributed by atoms with E-state index in [2.05, 4.69) is 179 Å². The first-order chi connectivity index (χ1) is 34.6. The number of aryl methyl sites for hydroxylation is 1. The molecule has 0 saturated carbocycles. The Kier molecular flexibility index (Phi) is 8.10. The fourth-order valence-electron chi connectivity index (χ4n) is 11.5. The van der Waals surface area contributed by atoms with Gasteiger partial charge in [-0.25, -0.2) is 4.85 Å². The highest BCUT2D eigenvalue weighted by molar-refractivity contribution is 7.27. The summed E-state index contributed by atoms with van der Waals surface area (Å²) >= 11 is 3.59. The van der Waals surface area contributed by atoms with Gasteiger partial charge in [0.2, 0.25) is 5.69 Å². The van der Waals surface area contributed by atoms with Gasteiger partial charge in [-0.3, -0.25) is 0 Å². The fraction of sp³-hybridized carbons (Fsp3) is 0.0159. The van der Waals surface area contributed by atoms with Crippen molar-refractivity contribution in [2.24, 2.45) is 0 Å². The Hall–Kier alpha value is -8.98. The quantitative estimate of drug-likeness (QED) is 0.165. The van der Waals surface area contributed by atoms with E-state index < -0.39 is 0 Å². The molecule has 0 aliphatic rings. The lowest BCUT2D eigenvalue weighted by Gasteiger charge is -2.26. The molecule has 7 heteroatoms. The smallest absolute Gasteiger partial charge is 0.220 e. The van der Waals surface area contributed by atoms with Crippen LogP contribution < -0.4 is 0 Å². The van der Waals surface area contributed by atoms with Gasteiger partial charge in [0.25, 0.3) is 0 Å². The van der Waals surface area contributed by atoms with Crippen molar-refractivity contribution in [1.82, 2.24) is 9.13 Å². The van der Waals surface area contributed by atoms with E-state index in [4.69, 9.17) is 4.42 Å². The molecule has 324 valence electrons. The van der Waals surface area contributed by atoms with Crippen LogP contribution in [0, 0.1) is 24.8 Å². The predicted molar refractivity (Wildman–Crippen MR) is 295 cm³/mol. The zero-order valence-corrected chi connectivity index (χ0v) is 39.0. The van der Waals surface area contributed by atoms with Crippen molar-refractivity contribution in [3.8, 4) is 39.7 Å². The van der Waals surface area contributed by atoms with Gasteiger partial charge in [0.05, 0.1) is 55.0 Å². The molecule has 0 spiro atoms. The molecule has 0 aliphatic heterocycles. The van der Waals surface area contributed by atoms with Crippen LogP contribution in [-0.2, 0) is 0 Å². The Balaban J connectivity index is 1.26. The van der Waals surface area contributed by atoms with Crippen LogP contribution in [0.1, 0.15) is 11.1 Å². The molecule has 0 unspecified atom stereocenters. The molecule has 5 nitrogen and oxygen atoms in total. The number of nitrogens with zero attached hydrogens (tertiary/aromatic N) is 4. The lowest BCUT2D eigenvalue weighted by Crippen LogP contribution is -2.09. The number of para-hydroxylation sites is 1. The Bertz CT molecular complexity index is 4730. The number of hydrogen-bond acceptors (Lipinski definition) is 4. The monoisotopic (exact) mass is 926 g/mol. The molecule has 0 N–H and O–H groups in total. The molecule has 0 radical (unpaired) electrons. The van der Waals surface area contributed by atoms with Crippen molar-refractivity contribution in [3.63, 3.8) is 0 Å². The van der Waals surface area contributed by atoms with E-state index in [-0.39, 0.29) is 0 Å². The molecule has 0 amide bonds. The van der Waals surface area contributed by atoms with Gasteiger partial charge in [-0.05, 0) is 54.4 Å². The van der Waals surface area contributed by atoms with Crippen LogP contribution >= 0.6 is 22.7 Å². The minimum Gasteiger partial charge on any atom is -0.454 e. The summed E-state index contributed by atoms with van der Waals surface area (Å²) in [4.78, 5) is 4.65. The largest absolute Gasteiger partial charge is 0.454 e. The van der Waals surface area contributed by atoms with Crippen LogP contribution in [0.25, 0.3) is 144 Å². The predicted octanol–water partition coefficient (Wildman–Crippen LogP) is 18.6. The zero-order valence-electron chi connectivity index (χ0n) is 37.4. The Morgan fingerprint density at radius 2 is 1.01 bits per heavy atom. The summed E-state index contributed by atoms with van der Waals surface area (Å²) in [5.74, 6) is 0. The topological polar surface area (TPSA) is 51.1 Å². The maximum absolute atomic E-state index is 12.1. The molecular formula is C63H34N4OS2.